The van der Waals surface area contributed by atoms with Gasteiger partial charge in [0, 0.05) is 5.69 Å². The molecule has 2 N–H and O–H groups in total. The maximum Gasteiger partial charge on any atom is 0.337 e. The van der Waals surface area contributed by atoms with Gasteiger partial charge in [-0.2, -0.15) is 0 Å². The Morgan fingerprint density at radius 1 is 1.02 bits per heavy atom. The van der Waals surface area contributed by atoms with Crippen LogP contribution in [0.4, 0.5) is 20.6 Å². The fourth-order valence-electron chi connectivity index (χ4n) is 3.75. The number of carbonyl (C=O) groups excluding carboxylic acids is 5. The molecule has 0 aromatic heterocycles. The van der Waals surface area contributed by atoms with Crippen LogP contribution in [0.2, 0.25) is 5.02 Å². The molecule has 1 saturated heterocycles. The molecule has 210 valence electrons. The third-order valence-corrected chi connectivity index (χ3v) is 5.97. The second-order valence-electron chi connectivity index (χ2n) is 8.37. The Kier molecular flexibility index (Phi) is 8.63. The topological polar surface area (TPSA) is 140 Å². The van der Waals surface area contributed by atoms with Gasteiger partial charge in [-0.05, 0) is 72.3 Å². The van der Waals surface area contributed by atoms with Crippen LogP contribution >= 0.6 is 11.6 Å². The summed E-state index contributed by atoms with van der Waals surface area (Å²) in [6.45, 7) is -0.458. The number of amides is 5. The second-order valence-corrected chi connectivity index (χ2v) is 8.78. The van der Waals surface area contributed by atoms with E-state index in [-0.39, 0.29) is 38.9 Å². The summed E-state index contributed by atoms with van der Waals surface area (Å²) in [5.41, 5.74) is 0.542. The van der Waals surface area contributed by atoms with E-state index in [2.05, 4.69) is 15.4 Å². The Morgan fingerprint density at radius 3 is 2.34 bits per heavy atom. The number of carbonyl (C=O) groups is 5. The van der Waals surface area contributed by atoms with Crippen molar-refractivity contribution in [3.63, 3.8) is 0 Å². The SMILES string of the molecule is COC(=O)c1ccc(N2C(=O)NC(=O)/C(=C/c3cc(Cl)c(OCC(=O)Nc4ccc(F)cc4)c(OC)c3)C2=O)cc1. The van der Waals surface area contributed by atoms with Gasteiger partial charge in [-0.1, -0.05) is 11.6 Å². The number of rotatable bonds is 8. The summed E-state index contributed by atoms with van der Waals surface area (Å²) in [5, 5.41) is 4.64. The van der Waals surface area contributed by atoms with E-state index >= 15 is 0 Å². The van der Waals surface area contributed by atoms with Gasteiger partial charge in [0.15, 0.2) is 18.1 Å². The Balaban J connectivity index is 1.54. The van der Waals surface area contributed by atoms with E-state index in [0.717, 1.165) is 4.90 Å². The number of hydrogen-bond acceptors (Lipinski definition) is 8. The highest BCUT2D eigenvalue weighted by molar-refractivity contribution is 6.39. The molecule has 41 heavy (non-hydrogen) atoms. The Labute approximate surface area is 237 Å². The lowest BCUT2D eigenvalue weighted by Gasteiger charge is -2.26. The van der Waals surface area contributed by atoms with E-state index in [1.54, 1.807) is 0 Å². The van der Waals surface area contributed by atoms with E-state index in [0.29, 0.717) is 5.69 Å². The number of methoxy groups -OCH3 is 2. The van der Waals surface area contributed by atoms with Gasteiger partial charge in [0.2, 0.25) is 0 Å². The summed E-state index contributed by atoms with van der Waals surface area (Å²) < 4.78 is 28.6. The number of nitrogens with one attached hydrogen (secondary N) is 2. The number of imide groups is 2. The van der Waals surface area contributed by atoms with Crippen LogP contribution < -0.4 is 25.0 Å². The van der Waals surface area contributed by atoms with Gasteiger partial charge in [0.05, 0.1) is 30.5 Å². The minimum absolute atomic E-state index is 0.000723. The Bertz CT molecular complexity index is 1570. The van der Waals surface area contributed by atoms with E-state index in [9.17, 15) is 28.4 Å². The van der Waals surface area contributed by atoms with Crippen LogP contribution in [0, 0.1) is 5.82 Å². The van der Waals surface area contributed by atoms with Crippen molar-refractivity contribution in [2.24, 2.45) is 0 Å². The number of benzene rings is 3. The van der Waals surface area contributed by atoms with Gasteiger partial charge in [0.1, 0.15) is 11.4 Å². The van der Waals surface area contributed by atoms with Crippen LogP contribution in [0.3, 0.4) is 0 Å². The molecule has 0 unspecified atom stereocenters. The highest BCUT2D eigenvalue weighted by Gasteiger charge is 2.37. The number of esters is 1. The normalized spacial score (nSPS) is 14.0. The minimum atomic E-state index is -0.971. The van der Waals surface area contributed by atoms with Gasteiger partial charge >= 0.3 is 12.0 Å². The van der Waals surface area contributed by atoms with Crippen molar-refractivity contribution >= 4 is 58.8 Å². The third kappa shape index (κ3) is 6.50. The molecular formula is C28H21ClFN3O8. The average Bonchev–Trinajstić information content (AvgIpc) is 2.95. The fourth-order valence-corrected chi connectivity index (χ4v) is 4.03. The lowest BCUT2D eigenvalue weighted by molar-refractivity contribution is -0.122. The zero-order valence-electron chi connectivity index (χ0n) is 21.5. The van der Waals surface area contributed by atoms with Crippen molar-refractivity contribution in [3.8, 4) is 11.5 Å². The molecule has 3 aromatic carbocycles. The molecule has 3 aromatic rings. The van der Waals surface area contributed by atoms with Crippen LogP contribution in [0.15, 0.2) is 66.2 Å². The zero-order chi connectivity index (χ0) is 29.7. The van der Waals surface area contributed by atoms with Crippen LogP contribution in [-0.2, 0) is 19.1 Å². The van der Waals surface area contributed by atoms with Crippen molar-refractivity contribution in [2.75, 3.05) is 31.0 Å². The zero-order valence-corrected chi connectivity index (χ0v) is 22.3. The molecule has 13 heteroatoms. The number of hydrogen-bond donors (Lipinski definition) is 2. The van der Waals surface area contributed by atoms with Gasteiger partial charge in [-0.15, -0.1) is 0 Å². The first-order valence-corrected chi connectivity index (χ1v) is 12.1. The van der Waals surface area contributed by atoms with Crippen LogP contribution in [0.1, 0.15) is 15.9 Å². The standard InChI is InChI=1S/C28H21ClFN3O8/c1-39-22-13-15(12-21(29)24(22)41-14-23(34)31-18-7-5-17(30)6-8-18)11-20-25(35)32-28(38)33(26(20)36)19-9-3-16(4-10-19)27(37)40-2/h3-13H,14H2,1-2H3,(H,31,34)(H,32,35,38)/b20-11-. The van der Waals surface area contributed by atoms with Crippen LogP contribution in [0.25, 0.3) is 6.08 Å². The number of barbiturate groups is 1. The summed E-state index contributed by atoms with van der Waals surface area (Å²) in [6, 6.07) is 12.4. The number of urea groups is 1. The Hall–Kier alpha value is -5.23. The van der Waals surface area contributed by atoms with E-state index < -0.39 is 42.1 Å². The molecule has 0 bridgehead atoms. The predicted molar refractivity (Wildman–Crippen MR) is 145 cm³/mol. The Morgan fingerprint density at radius 2 is 1.71 bits per heavy atom. The summed E-state index contributed by atoms with van der Waals surface area (Å²) in [4.78, 5) is 63.0. The summed E-state index contributed by atoms with van der Waals surface area (Å²) >= 11 is 6.37. The third-order valence-electron chi connectivity index (χ3n) is 5.69. The highest BCUT2D eigenvalue weighted by Crippen LogP contribution is 2.37. The van der Waals surface area contributed by atoms with Gasteiger partial charge < -0.3 is 19.5 Å². The minimum Gasteiger partial charge on any atom is -0.493 e. The van der Waals surface area contributed by atoms with Crippen molar-refractivity contribution in [1.29, 1.82) is 0 Å². The molecular weight excluding hydrogens is 561 g/mol. The first-order chi connectivity index (χ1) is 19.6. The maximum absolute atomic E-state index is 13.2. The lowest BCUT2D eigenvalue weighted by Crippen LogP contribution is -2.54. The summed E-state index contributed by atoms with van der Waals surface area (Å²) in [5.74, 6) is -3.34. The van der Waals surface area contributed by atoms with Crippen LogP contribution in [0.5, 0.6) is 11.5 Å². The van der Waals surface area contributed by atoms with Gasteiger partial charge in [0.25, 0.3) is 17.7 Å². The second kappa shape index (κ2) is 12.3. The molecule has 1 fully saturated rings. The first-order valence-electron chi connectivity index (χ1n) is 11.8. The molecule has 0 saturated carbocycles. The highest BCUT2D eigenvalue weighted by atomic mass is 35.5. The number of halogens is 2. The maximum atomic E-state index is 13.2. The molecule has 5 amide bonds. The molecule has 11 nitrogen and oxygen atoms in total. The quantitative estimate of drug-likeness (QED) is 0.231. The molecule has 1 aliphatic rings. The van der Waals surface area contributed by atoms with Crippen molar-refractivity contribution in [3.05, 3.63) is 88.2 Å². The van der Waals surface area contributed by atoms with E-state index in [1.807, 2.05) is 0 Å². The van der Waals surface area contributed by atoms with E-state index in [4.69, 9.17) is 21.1 Å². The van der Waals surface area contributed by atoms with E-state index in [1.165, 1.54) is 81.0 Å². The smallest absolute Gasteiger partial charge is 0.337 e. The largest absolute Gasteiger partial charge is 0.493 e. The lowest BCUT2D eigenvalue weighted by atomic mass is 10.1. The van der Waals surface area contributed by atoms with Crippen molar-refractivity contribution in [1.82, 2.24) is 5.32 Å². The number of ether oxygens (including phenoxy) is 3. The molecule has 4 rings (SSSR count). The average molecular weight is 582 g/mol. The molecule has 0 atom stereocenters. The summed E-state index contributed by atoms with van der Waals surface area (Å²) in [7, 11) is 2.54. The molecule has 0 aliphatic carbocycles. The predicted octanol–water partition coefficient (Wildman–Crippen LogP) is 3.96. The number of nitrogens with zero attached hydrogens (tertiary/aromatic N) is 1. The summed E-state index contributed by atoms with van der Waals surface area (Å²) in [6.07, 6.45) is 1.21. The number of anilines is 2. The van der Waals surface area contributed by atoms with Gasteiger partial charge in [-0.25, -0.2) is 18.9 Å². The molecule has 0 spiro atoms. The van der Waals surface area contributed by atoms with Crippen LogP contribution in [-0.4, -0.2) is 50.5 Å². The molecule has 1 aliphatic heterocycles. The molecule has 0 radical (unpaired) electrons. The fraction of sp³-hybridized carbons (Fsp3) is 0.107. The molecule has 1 heterocycles. The van der Waals surface area contributed by atoms with Crippen molar-refractivity contribution < 1.29 is 42.6 Å². The van der Waals surface area contributed by atoms with Crippen molar-refractivity contribution in [2.45, 2.75) is 0 Å². The monoisotopic (exact) mass is 581 g/mol. The first kappa shape index (κ1) is 28.8. The van der Waals surface area contributed by atoms with Gasteiger partial charge in [-0.3, -0.25) is 19.7 Å².